The third kappa shape index (κ3) is 2.28. The molecule has 1 aromatic rings. The molecule has 1 aromatic carbocycles. The molecule has 0 aliphatic rings. The van der Waals surface area contributed by atoms with Gasteiger partial charge in [0.1, 0.15) is 6.29 Å². The molecule has 1 rings (SSSR count). The molecule has 0 fully saturated rings. The van der Waals surface area contributed by atoms with Gasteiger partial charge >= 0.3 is 0 Å². The molecule has 0 saturated heterocycles. The van der Waals surface area contributed by atoms with Gasteiger partial charge in [-0.15, -0.1) is 0 Å². The molecule has 64 valence electrons. The fourth-order valence-corrected chi connectivity index (χ4v) is 0.712. The average molecular weight is 183 g/mol. The van der Waals surface area contributed by atoms with Gasteiger partial charge in [0.15, 0.2) is 0 Å². The molecule has 0 radical (unpaired) electrons. The van der Waals surface area contributed by atoms with E-state index in [0.29, 0.717) is 11.8 Å². The molecule has 0 spiro atoms. The van der Waals surface area contributed by atoms with Crippen molar-refractivity contribution in [1.82, 2.24) is 0 Å². The second-order valence-corrected chi connectivity index (χ2v) is 1.97. The third-order valence-corrected chi connectivity index (χ3v) is 1.22. The maximum Gasteiger partial charge on any atom is 0.270 e. The molecule has 0 heterocycles. The molecule has 0 aromatic heterocycles. The Morgan fingerprint density at radius 2 is 2.08 bits per heavy atom. The molecule has 5 heteroatoms. The zero-order valence-corrected chi connectivity index (χ0v) is 5.56. The van der Waals surface area contributed by atoms with Crippen LogP contribution in [-0.4, -0.2) is 22.2 Å². The van der Waals surface area contributed by atoms with Crippen LogP contribution >= 0.6 is 0 Å². The first-order valence-corrected chi connectivity index (χ1v) is 2.93. The van der Waals surface area contributed by atoms with Crippen molar-refractivity contribution in [3.63, 3.8) is 0 Å². The second kappa shape index (κ2) is 4.40. The molecule has 12 heavy (non-hydrogen) atoms. The molecule has 0 aliphatic heterocycles. The first-order valence-electron chi connectivity index (χ1n) is 2.93. The summed E-state index contributed by atoms with van der Waals surface area (Å²) < 4.78 is 0. The predicted octanol–water partition coefficient (Wildman–Crippen LogP) is -0.0443. The summed E-state index contributed by atoms with van der Waals surface area (Å²) in [5, 5.41) is 10.2. The Morgan fingerprint density at radius 1 is 1.42 bits per heavy atom. The maximum absolute atomic E-state index is 10.2. The summed E-state index contributed by atoms with van der Waals surface area (Å²) in [6.07, 6.45) is 0.576. The number of aldehydes is 1. The second-order valence-electron chi connectivity index (χ2n) is 1.97. The van der Waals surface area contributed by atoms with Gasteiger partial charge in [0.25, 0.3) is 5.69 Å². The van der Waals surface area contributed by atoms with Crippen LogP contribution in [0.4, 0.5) is 5.69 Å². The number of non-ortho nitro benzene ring substituents is 1. The predicted molar refractivity (Wildman–Crippen MR) is 49.8 cm³/mol. The van der Waals surface area contributed by atoms with Crippen LogP contribution in [0.2, 0.25) is 0 Å². The Hall–Kier alpha value is -1.49. The molecular formula is C7H9NO3Si. The van der Waals surface area contributed by atoms with Crippen molar-refractivity contribution in [2.24, 2.45) is 0 Å². The Morgan fingerprint density at radius 3 is 2.58 bits per heavy atom. The van der Waals surface area contributed by atoms with Crippen molar-refractivity contribution in [3.8, 4) is 0 Å². The van der Waals surface area contributed by atoms with Gasteiger partial charge in [0.05, 0.1) is 4.92 Å². The molecule has 0 amide bonds. The van der Waals surface area contributed by atoms with Gasteiger partial charge < -0.3 is 0 Å². The Balaban J connectivity index is 0.00000121. The maximum atomic E-state index is 10.2. The molecule has 0 aliphatic carbocycles. The summed E-state index contributed by atoms with van der Waals surface area (Å²) in [5.41, 5.74) is 0.258. The van der Waals surface area contributed by atoms with Crippen LogP contribution in [0.1, 0.15) is 10.4 Å². The number of nitro groups is 1. The Labute approximate surface area is 73.4 Å². The monoisotopic (exact) mass is 183 g/mol. The highest BCUT2D eigenvalue weighted by Gasteiger charge is 2.03. The van der Waals surface area contributed by atoms with Gasteiger partial charge in [-0.1, -0.05) is 12.1 Å². The van der Waals surface area contributed by atoms with E-state index in [1.165, 1.54) is 24.3 Å². The fraction of sp³-hybridized carbons (Fsp3) is 0. The Kier molecular flexibility index (Phi) is 3.85. The van der Waals surface area contributed by atoms with Crippen LogP contribution in [0.3, 0.4) is 0 Å². The highest BCUT2D eigenvalue weighted by atomic mass is 28.1. The first kappa shape index (κ1) is 10.5. The number of carbonyl (C=O) groups excluding carboxylic acids is 1. The largest absolute Gasteiger partial charge is 0.298 e. The van der Waals surface area contributed by atoms with Crippen LogP contribution in [0.5, 0.6) is 0 Å². The van der Waals surface area contributed by atoms with E-state index in [1.807, 2.05) is 0 Å². The molecule has 0 unspecified atom stereocenters. The number of hydrogen-bond donors (Lipinski definition) is 0. The van der Waals surface area contributed by atoms with Crippen LogP contribution in [0, 0.1) is 10.1 Å². The van der Waals surface area contributed by atoms with E-state index in [4.69, 9.17) is 0 Å². The molecule has 0 bridgehead atoms. The van der Waals surface area contributed by atoms with E-state index in [9.17, 15) is 14.9 Å². The summed E-state index contributed by atoms with van der Waals surface area (Å²) >= 11 is 0. The van der Waals surface area contributed by atoms with E-state index in [1.54, 1.807) is 0 Å². The minimum Gasteiger partial charge on any atom is -0.298 e. The highest BCUT2D eigenvalue weighted by molar-refractivity contribution is 5.76. The molecule has 0 saturated carbocycles. The number of benzene rings is 1. The fourth-order valence-electron chi connectivity index (χ4n) is 0.712. The van der Waals surface area contributed by atoms with Crippen molar-refractivity contribution >= 4 is 22.9 Å². The quantitative estimate of drug-likeness (QED) is 0.280. The first-order chi connectivity index (χ1) is 5.24. The van der Waals surface area contributed by atoms with Crippen molar-refractivity contribution in [3.05, 3.63) is 39.9 Å². The van der Waals surface area contributed by atoms with Crippen molar-refractivity contribution < 1.29 is 9.72 Å². The minimum absolute atomic E-state index is 0. The lowest BCUT2D eigenvalue weighted by Crippen LogP contribution is -1.88. The van der Waals surface area contributed by atoms with E-state index >= 15 is 0 Å². The van der Waals surface area contributed by atoms with Crippen molar-refractivity contribution in [2.45, 2.75) is 0 Å². The van der Waals surface area contributed by atoms with Crippen LogP contribution < -0.4 is 0 Å². The molecule has 0 atom stereocenters. The van der Waals surface area contributed by atoms with Gasteiger partial charge in [0, 0.05) is 17.7 Å². The third-order valence-electron chi connectivity index (χ3n) is 1.22. The lowest BCUT2D eigenvalue weighted by molar-refractivity contribution is -0.384. The number of hydrogen-bond acceptors (Lipinski definition) is 3. The van der Waals surface area contributed by atoms with Gasteiger partial charge in [-0.05, 0) is 11.0 Å². The van der Waals surface area contributed by atoms with Gasteiger partial charge in [0.2, 0.25) is 0 Å². The summed E-state index contributed by atoms with van der Waals surface area (Å²) in [6.45, 7) is 0. The SMILES string of the molecule is O=Cc1cccc([N+](=O)[O-])c1.[SiH4]. The zero-order chi connectivity index (χ0) is 8.27. The van der Waals surface area contributed by atoms with E-state index in [-0.39, 0.29) is 16.7 Å². The van der Waals surface area contributed by atoms with Crippen LogP contribution in [0.15, 0.2) is 24.3 Å². The van der Waals surface area contributed by atoms with Gasteiger partial charge in [-0.2, -0.15) is 0 Å². The minimum atomic E-state index is -0.535. The normalized spacial score (nSPS) is 8.33. The van der Waals surface area contributed by atoms with Gasteiger partial charge in [-0.3, -0.25) is 14.9 Å². The molecule has 0 N–H and O–H groups in total. The number of carbonyl (C=O) groups is 1. The van der Waals surface area contributed by atoms with Crippen molar-refractivity contribution in [2.75, 3.05) is 0 Å². The highest BCUT2D eigenvalue weighted by Crippen LogP contribution is 2.10. The smallest absolute Gasteiger partial charge is 0.270 e. The Bertz CT molecular complexity index is 300. The van der Waals surface area contributed by atoms with E-state index < -0.39 is 4.92 Å². The number of rotatable bonds is 2. The summed E-state index contributed by atoms with van der Waals surface area (Å²) in [7, 11) is 0. The van der Waals surface area contributed by atoms with E-state index in [2.05, 4.69) is 0 Å². The standard InChI is InChI=1S/C7H5NO3.H4Si/c9-5-6-2-1-3-7(4-6)8(10)11;/h1-5H;1H4. The lowest BCUT2D eigenvalue weighted by Gasteiger charge is -1.90. The van der Waals surface area contributed by atoms with Crippen LogP contribution in [-0.2, 0) is 0 Å². The molecular weight excluding hydrogens is 174 g/mol. The number of nitrogens with zero attached hydrogens (tertiary/aromatic N) is 1. The summed E-state index contributed by atoms with van der Waals surface area (Å²) in [4.78, 5) is 19.8. The van der Waals surface area contributed by atoms with E-state index in [0.717, 1.165) is 0 Å². The lowest BCUT2D eigenvalue weighted by atomic mass is 10.2. The summed E-state index contributed by atoms with van der Waals surface area (Å²) in [6, 6.07) is 5.56. The van der Waals surface area contributed by atoms with Gasteiger partial charge in [-0.25, -0.2) is 0 Å². The topological polar surface area (TPSA) is 60.2 Å². The molecule has 4 nitrogen and oxygen atoms in total. The summed E-state index contributed by atoms with van der Waals surface area (Å²) in [5.74, 6) is 0. The van der Waals surface area contributed by atoms with Crippen LogP contribution in [0.25, 0.3) is 0 Å². The van der Waals surface area contributed by atoms with Crippen molar-refractivity contribution in [1.29, 1.82) is 0 Å². The zero-order valence-electron chi connectivity index (χ0n) is 5.56. The average Bonchev–Trinajstić information content (AvgIpc) is 2.05. The number of nitro benzene ring substituents is 1.